The van der Waals surface area contributed by atoms with Gasteiger partial charge in [-0.1, -0.05) is 80.2 Å². The molecule has 0 saturated heterocycles. The normalized spacial score (nSPS) is 13.7. The molecule has 0 amide bonds. The molecular weight excluding hydrogens is 359 g/mol. The Balaban J connectivity index is 1.76. The molecule has 4 nitrogen and oxygen atoms in total. The van der Waals surface area contributed by atoms with Gasteiger partial charge in [0.05, 0.1) is 7.11 Å². The fourth-order valence-corrected chi connectivity index (χ4v) is 3.61. The van der Waals surface area contributed by atoms with Crippen LogP contribution in [0.3, 0.4) is 0 Å². The molecule has 29 heavy (non-hydrogen) atoms. The van der Waals surface area contributed by atoms with E-state index >= 15 is 0 Å². The van der Waals surface area contributed by atoms with Crippen molar-refractivity contribution in [2.45, 2.75) is 39.0 Å². The molecule has 2 aromatic carbocycles. The van der Waals surface area contributed by atoms with Gasteiger partial charge < -0.3 is 15.2 Å². The van der Waals surface area contributed by atoms with Crippen LogP contribution in [0.4, 0.5) is 11.4 Å². The lowest BCUT2D eigenvalue weighted by Crippen LogP contribution is -2.35. The molecular formula is C24H29BN2O2. The van der Waals surface area contributed by atoms with E-state index in [-0.39, 0.29) is 13.0 Å². The van der Waals surface area contributed by atoms with Gasteiger partial charge in [0.2, 0.25) is 0 Å². The molecule has 0 bridgehead atoms. The maximum atomic E-state index is 11.2. The van der Waals surface area contributed by atoms with Gasteiger partial charge in [-0.2, -0.15) is 0 Å². The molecule has 0 aromatic heterocycles. The number of ether oxygens (including phenoxy) is 1. The molecule has 1 aliphatic rings. The number of carbonyl (C=O) groups is 1. The summed E-state index contributed by atoms with van der Waals surface area (Å²) < 4.78 is 4.64. The summed E-state index contributed by atoms with van der Waals surface area (Å²) in [5, 5.41) is 9.66. The van der Waals surface area contributed by atoms with Gasteiger partial charge in [-0.15, -0.1) is 0 Å². The van der Waals surface area contributed by atoms with Crippen LogP contribution in [-0.4, -0.2) is 20.1 Å². The zero-order valence-corrected chi connectivity index (χ0v) is 17.3. The van der Waals surface area contributed by atoms with Gasteiger partial charge in [-0.25, -0.2) is 4.79 Å². The average Bonchev–Trinajstić information content (AvgIpc) is 2.74. The van der Waals surface area contributed by atoms with E-state index < -0.39 is 0 Å². The van der Waals surface area contributed by atoms with Crippen molar-refractivity contribution in [1.29, 1.82) is 0 Å². The Morgan fingerprint density at radius 2 is 1.69 bits per heavy atom. The molecule has 3 rings (SSSR count). The first kappa shape index (κ1) is 20.8. The summed E-state index contributed by atoms with van der Waals surface area (Å²) in [5.41, 5.74) is 3.54. The molecule has 0 spiro atoms. The van der Waals surface area contributed by atoms with Crippen LogP contribution < -0.4 is 10.5 Å². The fourth-order valence-electron chi connectivity index (χ4n) is 3.61. The topological polar surface area (TPSA) is 50.4 Å². The molecule has 1 heterocycles. The van der Waals surface area contributed by atoms with Crippen molar-refractivity contribution in [2.24, 2.45) is 0 Å². The highest BCUT2D eigenvalue weighted by Gasteiger charge is 2.21. The standard InChI is InChI=1S/C24H29BN2O2/c1-3-4-5-6-11-19(12-7-8-17-23(28)29-2)18-25-26-21-15-9-13-20-14-10-16-22(27-25)24(20)21/h7-10,12-18,26-27H,3-6,11H2,1-2H3/b12-7+,17-8+,19-18-. The summed E-state index contributed by atoms with van der Waals surface area (Å²) in [6.07, 6.45) is 13.0. The molecule has 1 aliphatic heterocycles. The number of hydrogen-bond acceptors (Lipinski definition) is 4. The smallest absolute Gasteiger partial charge is 0.398 e. The summed E-state index contributed by atoms with van der Waals surface area (Å²) in [6.45, 7) is 2.24. The summed E-state index contributed by atoms with van der Waals surface area (Å²) in [5.74, 6) is 1.90. The third-order valence-electron chi connectivity index (χ3n) is 5.08. The maximum Gasteiger partial charge on any atom is 0.398 e. The Kier molecular flexibility index (Phi) is 7.57. The second kappa shape index (κ2) is 10.6. The van der Waals surface area contributed by atoms with Crippen molar-refractivity contribution in [1.82, 2.24) is 0 Å². The number of benzene rings is 2. The van der Waals surface area contributed by atoms with Gasteiger partial charge in [0.1, 0.15) is 0 Å². The van der Waals surface area contributed by atoms with Crippen molar-refractivity contribution in [3.05, 3.63) is 72.3 Å². The third kappa shape index (κ3) is 5.77. The molecule has 0 saturated carbocycles. The summed E-state index contributed by atoms with van der Waals surface area (Å²) >= 11 is 0. The van der Waals surface area contributed by atoms with Crippen LogP contribution in [0.5, 0.6) is 0 Å². The van der Waals surface area contributed by atoms with E-state index in [1.807, 2.05) is 6.08 Å². The second-order valence-electron chi connectivity index (χ2n) is 7.27. The summed E-state index contributed by atoms with van der Waals surface area (Å²) in [4.78, 5) is 11.2. The number of anilines is 2. The lowest BCUT2D eigenvalue weighted by Gasteiger charge is -2.25. The molecule has 2 N–H and O–H groups in total. The quantitative estimate of drug-likeness (QED) is 0.185. The number of allylic oxidation sites excluding steroid dienone is 4. The van der Waals surface area contributed by atoms with Crippen LogP contribution in [0.1, 0.15) is 39.0 Å². The molecule has 0 atom stereocenters. The largest absolute Gasteiger partial charge is 0.466 e. The fraction of sp³-hybridized carbons (Fsp3) is 0.292. The van der Waals surface area contributed by atoms with E-state index in [1.165, 1.54) is 48.8 Å². The van der Waals surface area contributed by atoms with Crippen LogP contribution in [0.2, 0.25) is 0 Å². The highest BCUT2D eigenvalue weighted by atomic mass is 16.5. The van der Waals surface area contributed by atoms with Gasteiger partial charge >= 0.3 is 13.0 Å². The number of esters is 1. The Hall–Kier alpha value is -2.95. The van der Waals surface area contributed by atoms with E-state index in [9.17, 15) is 4.79 Å². The zero-order valence-electron chi connectivity index (χ0n) is 17.3. The van der Waals surface area contributed by atoms with Gasteiger partial charge in [0, 0.05) is 22.8 Å². The molecule has 150 valence electrons. The lowest BCUT2D eigenvalue weighted by molar-refractivity contribution is -0.134. The first-order chi connectivity index (χ1) is 14.2. The van der Waals surface area contributed by atoms with Gasteiger partial charge in [0.25, 0.3) is 0 Å². The maximum absolute atomic E-state index is 11.2. The Bertz CT molecular complexity index is 893. The van der Waals surface area contributed by atoms with Gasteiger partial charge in [-0.3, -0.25) is 0 Å². The average molecular weight is 388 g/mol. The van der Waals surface area contributed by atoms with E-state index in [0.717, 1.165) is 24.2 Å². The van der Waals surface area contributed by atoms with Crippen LogP contribution in [0.25, 0.3) is 10.8 Å². The highest BCUT2D eigenvalue weighted by molar-refractivity contribution is 6.72. The van der Waals surface area contributed by atoms with E-state index in [2.05, 4.69) is 70.6 Å². The molecule has 0 radical (unpaired) electrons. The molecule has 2 aromatic rings. The van der Waals surface area contributed by atoms with Gasteiger partial charge in [-0.05, 0) is 30.4 Å². The summed E-state index contributed by atoms with van der Waals surface area (Å²) in [7, 11) is 1.38. The zero-order chi connectivity index (χ0) is 20.5. The number of nitrogens with one attached hydrogen (secondary N) is 2. The Morgan fingerprint density at radius 3 is 2.34 bits per heavy atom. The number of carbonyl (C=O) groups excluding carboxylic acids is 1. The Morgan fingerprint density at radius 1 is 1.00 bits per heavy atom. The van der Waals surface area contributed by atoms with Crippen molar-refractivity contribution in [2.75, 3.05) is 17.6 Å². The number of unbranched alkanes of at least 4 members (excludes halogenated alkanes) is 3. The van der Waals surface area contributed by atoms with Crippen LogP contribution in [0, 0.1) is 0 Å². The summed E-state index contributed by atoms with van der Waals surface area (Å²) in [6, 6.07) is 12.7. The van der Waals surface area contributed by atoms with Crippen LogP contribution in [0.15, 0.2) is 72.3 Å². The lowest BCUT2D eigenvalue weighted by atomic mass is 9.71. The monoisotopic (exact) mass is 388 g/mol. The van der Waals surface area contributed by atoms with Crippen LogP contribution in [-0.2, 0) is 9.53 Å². The van der Waals surface area contributed by atoms with E-state index in [0.29, 0.717) is 0 Å². The molecule has 0 aliphatic carbocycles. The minimum atomic E-state index is -0.344. The van der Waals surface area contributed by atoms with E-state index in [4.69, 9.17) is 0 Å². The van der Waals surface area contributed by atoms with Crippen LogP contribution >= 0.6 is 0 Å². The highest BCUT2D eigenvalue weighted by Crippen LogP contribution is 2.34. The molecule has 0 unspecified atom stereocenters. The second-order valence-corrected chi connectivity index (χ2v) is 7.27. The van der Waals surface area contributed by atoms with Crippen molar-refractivity contribution in [3.8, 4) is 0 Å². The number of hydrogen-bond donors (Lipinski definition) is 2. The number of methoxy groups -OCH3 is 1. The number of rotatable bonds is 9. The van der Waals surface area contributed by atoms with Crippen molar-refractivity contribution < 1.29 is 9.53 Å². The third-order valence-corrected chi connectivity index (χ3v) is 5.08. The predicted octanol–water partition coefficient (Wildman–Crippen LogP) is 5.89. The first-order valence-corrected chi connectivity index (χ1v) is 10.4. The van der Waals surface area contributed by atoms with Gasteiger partial charge in [0.15, 0.2) is 0 Å². The minimum absolute atomic E-state index is 0.0194. The predicted molar refractivity (Wildman–Crippen MR) is 124 cm³/mol. The minimum Gasteiger partial charge on any atom is -0.466 e. The molecule has 5 heteroatoms. The first-order valence-electron chi connectivity index (χ1n) is 10.4. The van der Waals surface area contributed by atoms with Crippen molar-refractivity contribution in [3.63, 3.8) is 0 Å². The molecule has 0 fully saturated rings. The van der Waals surface area contributed by atoms with Crippen molar-refractivity contribution >= 4 is 35.1 Å². The Labute approximate surface area is 173 Å². The van der Waals surface area contributed by atoms with E-state index in [1.54, 1.807) is 6.08 Å². The SMILES string of the molecule is CCCCCCC(=C/B1Nc2cccc3cccc(c23)N1)/C=C/C=C/C(=O)OC.